The number of halogens is 1. The predicted octanol–water partition coefficient (Wildman–Crippen LogP) is 2.03. The Balaban J connectivity index is 1.61. The minimum Gasteiger partial charge on any atom is -0.398 e. The van der Waals surface area contributed by atoms with Gasteiger partial charge in [-0.25, -0.2) is 4.39 Å². The first-order valence-corrected chi connectivity index (χ1v) is 8.23. The molecule has 0 saturated heterocycles. The summed E-state index contributed by atoms with van der Waals surface area (Å²) in [6, 6.07) is 7.62. The van der Waals surface area contributed by atoms with Crippen molar-refractivity contribution in [1.29, 1.82) is 0 Å². The number of nitrogen functional groups attached to an aromatic ring is 1. The van der Waals surface area contributed by atoms with Crippen molar-refractivity contribution in [2.45, 2.75) is 20.0 Å². The fourth-order valence-electron chi connectivity index (χ4n) is 3.15. The summed E-state index contributed by atoms with van der Waals surface area (Å²) in [5.41, 5.74) is 8.02. The van der Waals surface area contributed by atoms with Gasteiger partial charge in [0.1, 0.15) is 5.82 Å². The van der Waals surface area contributed by atoms with Crippen LogP contribution in [0.5, 0.6) is 0 Å². The molecule has 3 heterocycles. The lowest BCUT2D eigenvalue weighted by Gasteiger charge is -2.28. The average Bonchev–Trinajstić information content (AvgIpc) is 3.04. The summed E-state index contributed by atoms with van der Waals surface area (Å²) < 4.78 is 15.2. The number of hydrogen-bond donors (Lipinski definition) is 1. The molecule has 8 heteroatoms. The molecule has 1 amide bonds. The van der Waals surface area contributed by atoms with E-state index < -0.39 is 5.82 Å². The lowest BCUT2D eigenvalue weighted by atomic mass is 10.1. The summed E-state index contributed by atoms with van der Waals surface area (Å²) >= 11 is 0. The second-order valence-electron chi connectivity index (χ2n) is 6.19. The fraction of sp³-hybridized carbons (Fsp3) is 0.222. The molecule has 7 nitrogen and oxygen atoms in total. The number of carbonyl (C=O) groups excluding carboxylic acids is 1. The molecule has 0 saturated carbocycles. The van der Waals surface area contributed by atoms with Gasteiger partial charge in [-0.3, -0.25) is 9.78 Å². The highest BCUT2D eigenvalue weighted by atomic mass is 19.1. The molecule has 0 atom stereocenters. The van der Waals surface area contributed by atoms with E-state index in [4.69, 9.17) is 5.73 Å². The van der Waals surface area contributed by atoms with Crippen LogP contribution >= 0.6 is 0 Å². The highest BCUT2D eigenvalue weighted by molar-refractivity contribution is 5.99. The molecule has 0 fully saturated rings. The molecular formula is C18H17FN6O. The summed E-state index contributed by atoms with van der Waals surface area (Å²) in [5.74, 6) is 0.743. The molecule has 0 unspecified atom stereocenters. The molecule has 1 aliphatic rings. The van der Waals surface area contributed by atoms with Crippen molar-refractivity contribution < 1.29 is 9.18 Å². The highest BCUT2D eigenvalue weighted by Crippen LogP contribution is 2.25. The van der Waals surface area contributed by atoms with E-state index in [0.717, 1.165) is 23.1 Å². The van der Waals surface area contributed by atoms with Crippen LogP contribution in [0.2, 0.25) is 0 Å². The zero-order chi connectivity index (χ0) is 18.3. The smallest absolute Gasteiger partial charge is 0.256 e. The standard InChI is InChI=1S/C18H17FN6O/c1-11-13(3-2-6-21-11)17-23-22-16-10-24(7-8-25(16)17)18(26)14-5-4-12(19)9-15(14)20/h2-6,9H,7-8,10,20H2,1H3. The number of rotatable bonds is 2. The van der Waals surface area contributed by atoms with Crippen molar-refractivity contribution in [3.63, 3.8) is 0 Å². The van der Waals surface area contributed by atoms with E-state index in [0.29, 0.717) is 31.0 Å². The minimum absolute atomic E-state index is 0.133. The molecule has 0 bridgehead atoms. The van der Waals surface area contributed by atoms with Gasteiger partial charge in [-0.05, 0) is 37.3 Å². The average molecular weight is 352 g/mol. The van der Waals surface area contributed by atoms with E-state index in [9.17, 15) is 9.18 Å². The maximum absolute atomic E-state index is 13.2. The third-order valence-corrected chi connectivity index (χ3v) is 4.53. The largest absolute Gasteiger partial charge is 0.398 e. The fourth-order valence-corrected chi connectivity index (χ4v) is 3.15. The maximum atomic E-state index is 13.2. The van der Waals surface area contributed by atoms with Crippen LogP contribution < -0.4 is 5.73 Å². The van der Waals surface area contributed by atoms with Crippen LogP contribution in [-0.2, 0) is 13.1 Å². The molecule has 0 radical (unpaired) electrons. The van der Waals surface area contributed by atoms with Crippen molar-refractivity contribution >= 4 is 11.6 Å². The Hall–Kier alpha value is -3.29. The second-order valence-corrected chi connectivity index (χ2v) is 6.19. The van der Waals surface area contributed by atoms with Crippen LogP contribution in [0.15, 0.2) is 36.5 Å². The van der Waals surface area contributed by atoms with Crippen molar-refractivity contribution in [2.75, 3.05) is 12.3 Å². The number of anilines is 1. The highest BCUT2D eigenvalue weighted by Gasteiger charge is 2.27. The number of pyridine rings is 1. The molecule has 26 heavy (non-hydrogen) atoms. The normalized spacial score (nSPS) is 13.5. The van der Waals surface area contributed by atoms with E-state index >= 15 is 0 Å². The van der Waals surface area contributed by atoms with Crippen LogP contribution in [0.3, 0.4) is 0 Å². The Labute approximate surface area is 149 Å². The van der Waals surface area contributed by atoms with Gasteiger partial charge in [0.05, 0.1) is 12.1 Å². The van der Waals surface area contributed by atoms with Crippen LogP contribution in [0.4, 0.5) is 10.1 Å². The van der Waals surface area contributed by atoms with Crippen LogP contribution in [0.25, 0.3) is 11.4 Å². The van der Waals surface area contributed by atoms with Gasteiger partial charge in [0.15, 0.2) is 11.6 Å². The van der Waals surface area contributed by atoms with Crippen molar-refractivity contribution in [1.82, 2.24) is 24.6 Å². The molecule has 1 aliphatic heterocycles. The van der Waals surface area contributed by atoms with Gasteiger partial charge >= 0.3 is 0 Å². The topological polar surface area (TPSA) is 89.9 Å². The molecule has 4 rings (SSSR count). The third kappa shape index (κ3) is 2.69. The van der Waals surface area contributed by atoms with Gasteiger partial charge in [0, 0.05) is 36.2 Å². The molecule has 132 valence electrons. The maximum Gasteiger partial charge on any atom is 0.256 e. The number of aromatic nitrogens is 4. The number of aryl methyl sites for hydroxylation is 1. The molecule has 3 aromatic rings. The van der Waals surface area contributed by atoms with Crippen molar-refractivity contribution in [2.24, 2.45) is 0 Å². The zero-order valence-electron chi connectivity index (χ0n) is 14.2. The Kier molecular flexibility index (Phi) is 3.87. The summed E-state index contributed by atoms with van der Waals surface area (Å²) in [6.45, 7) is 3.31. The Bertz CT molecular complexity index is 999. The Morgan fingerprint density at radius 1 is 1.23 bits per heavy atom. The number of amides is 1. The second kappa shape index (κ2) is 6.21. The Morgan fingerprint density at radius 2 is 2.08 bits per heavy atom. The lowest BCUT2D eigenvalue weighted by Crippen LogP contribution is -2.38. The molecule has 2 aromatic heterocycles. The van der Waals surface area contributed by atoms with Crippen LogP contribution in [0.1, 0.15) is 21.9 Å². The molecular weight excluding hydrogens is 335 g/mol. The predicted molar refractivity (Wildman–Crippen MR) is 93.5 cm³/mol. The quantitative estimate of drug-likeness (QED) is 0.713. The number of hydrogen-bond acceptors (Lipinski definition) is 5. The van der Waals surface area contributed by atoms with Gasteiger partial charge in [0.2, 0.25) is 0 Å². The number of benzene rings is 1. The number of carbonyl (C=O) groups is 1. The number of nitrogens with zero attached hydrogens (tertiary/aromatic N) is 5. The van der Waals surface area contributed by atoms with E-state index in [1.165, 1.54) is 12.1 Å². The minimum atomic E-state index is -0.464. The van der Waals surface area contributed by atoms with Gasteiger partial charge in [0.25, 0.3) is 5.91 Å². The summed E-state index contributed by atoms with van der Waals surface area (Å²) in [4.78, 5) is 18.7. The first-order valence-electron chi connectivity index (χ1n) is 8.23. The first-order chi connectivity index (χ1) is 12.5. The van der Waals surface area contributed by atoms with Gasteiger partial charge in [-0.1, -0.05) is 0 Å². The SMILES string of the molecule is Cc1ncccc1-c1nnc2n1CCN(C(=O)c1ccc(F)cc1N)C2. The molecule has 2 N–H and O–H groups in total. The third-order valence-electron chi connectivity index (χ3n) is 4.53. The van der Waals surface area contributed by atoms with Crippen LogP contribution in [-0.4, -0.2) is 37.1 Å². The van der Waals surface area contributed by atoms with E-state index in [1.807, 2.05) is 23.6 Å². The number of nitrogens with two attached hydrogens (primary N) is 1. The van der Waals surface area contributed by atoms with Gasteiger partial charge < -0.3 is 15.2 Å². The van der Waals surface area contributed by atoms with Crippen LogP contribution in [0, 0.1) is 12.7 Å². The van der Waals surface area contributed by atoms with E-state index in [1.54, 1.807) is 11.1 Å². The van der Waals surface area contributed by atoms with E-state index in [2.05, 4.69) is 15.2 Å². The van der Waals surface area contributed by atoms with Gasteiger partial charge in [-0.2, -0.15) is 0 Å². The van der Waals surface area contributed by atoms with E-state index in [-0.39, 0.29) is 11.6 Å². The first kappa shape index (κ1) is 16.2. The van der Waals surface area contributed by atoms with Gasteiger partial charge in [-0.15, -0.1) is 10.2 Å². The van der Waals surface area contributed by atoms with Crippen molar-refractivity contribution in [3.8, 4) is 11.4 Å². The summed E-state index contributed by atoms with van der Waals surface area (Å²) in [7, 11) is 0. The summed E-state index contributed by atoms with van der Waals surface area (Å²) in [5, 5.41) is 8.52. The zero-order valence-corrected chi connectivity index (χ0v) is 14.2. The number of fused-ring (bicyclic) bond motifs is 1. The monoisotopic (exact) mass is 352 g/mol. The van der Waals surface area contributed by atoms with Crippen molar-refractivity contribution in [3.05, 3.63) is 59.4 Å². The molecule has 1 aromatic carbocycles. The molecule has 0 aliphatic carbocycles. The summed E-state index contributed by atoms with van der Waals surface area (Å²) in [6.07, 6.45) is 1.74. The molecule has 0 spiro atoms. The lowest BCUT2D eigenvalue weighted by molar-refractivity contribution is 0.0709. The Morgan fingerprint density at radius 3 is 2.85 bits per heavy atom.